The van der Waals surface area contributed by atoms with E-state index >= 15 is 0 Å². The summed E-state index contributed by atoms with van der Waals surface area (Å²) in [5.41, 5.74) is 6.87. The zero-order valence-electron chi connectivity index (χ0n) is 9.04. The van der Waals surface area contributed by atoms with Crippen molar-refractivity contribution in [3.05, 3.63) is 24.0 Å². The second kappa shape index (κ2) is 4.09. The molecule has 1 fully saturated rings. The summed E-state index contributed by atoms with van der Waals surface area (Å²) in [5, 5.41) is 0. The zero-order valence-corrected chi connectivity index (χ0v) is 9.04. The van der Waals surface area contributed by atoms with Gasteiger partial charge in [0.05, 0.1) is 11.4 Å². The monoisotopic (exact) mass is 208 g/mol. The van der Waals surface area contributed by atoms with Crippen molar-refractivity contribution in [2.45, 2.75) is 19.8 Å². The van der Waals surface area contributed by atoms with Crippen LogP contribution < -0.4 is 10.6 Å². The maximum absolute atomic E-state index is 13.3. The van der Waals surface area contributed by atoms with Crippen molar-refractivity contribution in [3.63, 3.8) is 0 Å². The second-order valence-electron chi connectivity index (χ2n) is 4.37. The fraction of sp³-hybridized carbons (Fsp3) is 0.500. The highest BCUT2D eigenvalue weighted by Crippen LogP contribution is 2.29. The quantitative estimate of drug-likeness (QED) is 0.719. The summed E-state index contributed by atoms with van der Waals surface area (Å²) in [6.45, 7) is 4.19. The molecular weight excluding hydrogens is 191 g/mol. The zero-order chi connectivity index (χ0) is 10.8. The number of nitrogens with two attached hydrogens (primary N) is 1. The van der Waals surface area contributed by atoms with Crippen LogP contribution in [0.4, 0.5) is 15.8 Å². The van der Waals surface area contributed by atoms with Gasteiger partial charge in [0.25, 0.3) is 0 Å². The van der Waals surface area contributed by atoms with Gasteiger partial charge in [-0.1, -0.05) is 13.0 Å². The maximum atomic E-state index is 13.3. The molecular formula is C12H17FN2. The number of piperidine rings is 1. The lowest BCUT2D eigenvalue weighted by molar-refractivity contribution is 0.446. The smallest absolute Gasteiger partial charge is 0.148 e. The van der Waals surface area contributed by atoms with Crippen LogP contribution in [0.2, 0.25) is 0 Å². The Hall–Kier alpha value is -1.25. The molecule has 3 heteroatoms. The van der Waals surface area contributed by atoms with Gasteiger partial charge in [-0.25, -0.2) is 4.39 Å². The van der Waals surface area contributed by atoms with E-state index in [2.05, 4.69) is 11.8 Å². The van der Waals surface area contributed by atoms with Gasteiger partial charge in [-0.2, -0.15) is 0 Å². The summed E-state index contributed by atoms with van der Waals surface area (Å²) >= 11 is 0. The van der Waals surface area contributed by atoms with Gasteiger partial charge in [0.15, 0.2) is 0 Å². The fourth-order valence-electron chi connectivity index (χ4n) is 2.21. The Labute approximate surface area is 89.9 Å². The van der Waals surface area contributed by atoms with Gasteiger partial charge in [0.1, 0.15) is 5.82 Å². The number of rotatable bonds is 1. The molecule has 1 heterocycles. The van der Waals surface area contributed by atoms with Gasteiger partial charge < -0.3 is 10.6 Å². The highest BCUT2D eigenvalue weighted by atomic mass is 19.1. The van der Waals surface area contributed by atoms with E-state index in [1.807, 2.05) is 6.07 Å². The Morgan fingerprint density at radius 3 is 3.00 bits per heavy atom. The molecule has 0 saturated carbocycles. The van der Waals surface area contributed by atoms with Crippen LogP contribution >= 0.6 is 0 Å². The Kier molecular flexibility index (Phi) is 2.80. The topological polar surface area (TPSA) is 29.3 Å². The number of benzene rings is 1. The molecule has 1 unspecified atom stereocenters. The first-order valence-corrected chi connectivity index (χ1v) is 5.47. The summed E-state index contributed by atoms with van der Waals surface area (Å²) in [7, 11) is 0. The average Bonchev–Trinajstić information content (AvgIpc) is 2.22. The molecule has 1 saturated heterocycles. The molecule has 0 radical (unpaired) electrons. The summed E-state index contributed by atoms with van der Waals surface area (Å²) in [5.74, 6) is 0.354. The number of para-hydroxylation sites is 1. The van der Waals surface area contributed by atoms with E-state index in [1.165, 1.54) is 12.5 Å². The molecule has 15 heavy (non-hydrogen) atoms. The highest BCUT2D eigenvalue weighted by Gasteiger charge is 2.19. The molecule has 82 valence electrons. The van der Waals surface area contributed by atoms with Crippen molar-refractivity contribution in [2.75, 3.05) is 23.7 Å². The lowest BCUT2D eigenvalue weighted by Crippen LogP contribution is -2.34. The van der Waals surface area contributed by atoms with Crippen LogP contribution in [0.3, 0.4) is 0 Å². The van der Waals surface area contributed by atoms with Crippen molar-refractivity contribution in [1.29, 1.82) is 0 Å². The molecule has 1 atom stereocenters. The van der Waals surface area contributed by atoms with Crippen LogP contribution in [0.25, 0.3) is 0 Å². The molecule has 0 aromatic heterocycles. The minimum atomic E-state index is -0.314. The molecule has 2 rings (SSSR count). The van der Waals surface area contributed by atoms with Gasteiger partial charge in [0.2, 0.25) is 0 Å². The Morgan fingerprint density at radius 1 is 1.47 bits per heavy atom. The third-order valence-corrected chi connectivity index (χ3v) is 3.03. The first-order chi connectivity index (χ1) is 7.18. The van der Waals surface area contributed by atoms with E-state index in [1.54, 1.807) is 6.07 Å². The molecule has 2 nitrogen and oxygen atoms in total. The predicted octanol–water partition coefficient (Wildman–Crippen LogP) is 2.64. The summed E-state index contributed by atoms with van der Waals surface area (Å²) in [6.07, 6.45) is 2.42. The van der Waals surface area contributed by atoms with Crippen molar-refractivity contribution in [1.82, 2.24) is 0 Å². The summed E-state index contributed by atoms with van der Waals surface area (Å²) < 4.78 is 13.3. The van der Waals surface area contributed by atoms with Crippen molar-refractivity contribution >= 4 is 11.4 Å². The van der Waals surface area contributed by atoms with Crippen LogP contribution in [-0.4, -0.2) is 13.1 Å². The standard InChI is InChI=1S/C12H17FN2/c1-9-4-3-7-15(8-9)11-6-2-5-10(13)12(11)14/h2,5-6,9H,3-4,7-8,14H2,1H3. The van der Waals surface area contributed by atoms with Crippen LogP contribution in [0, 0.1) is 11.7 Å². The van der Waals surface area contributed by atoms with Gasteiger partial charge >= 0.3 is 0 Å². The molecule has 1 aliphatic rings. The Balaban J connectivity index is 2.24. The van der Waals surface area contributed by atoms with Crippen LogP contribution in [0.15, 0.2) is 18.2 Å². The molecule has 1 aromatic carbocycles. The average molecular weight is 208 g/mol. The van der Waals surface area contributed by atoms with Crippen LogP contribution in [0.1, 0.15) is 19.8 Å². The number of hydrogen-bond acceptors (Lipinski definition) is 2. The minimum Gasteiger partial charge on any atom is -0.395 e. The van der Waals surface area contributed by atoms with Gasteiger partial charge in [-0.3, -0.25) is 0 Å². The highest BCUT2D eigenvalue weighted by molar-refractivity contribution is 5.68. The van der Waals surface area contributed by atoms with Crippen LogP contribution in [0.5, 0.6) is 0 Å². The lowest BCUT2D eigenvalue weighted by atomic mass is 9.99. The van der Waals surface area contributed by atoms with Crippen LogP contribution in [-0.2, 0) is 0 Å². The fourth-order valence-corrected chi connectivity index (χ4v) is 2.21. The molecule has 2 N–H and O–H groups in total. The first kappa shape index (κ1) is 10.3. The lowest BCUT2D eigenvalue weighted by Gasteiger charge is -2.33. The largest absolute Gasteiger partial charge is 0.395 e. The molecule has 0 spiro atoms. The van der Waals surface area contributed by atoms with E-state index in [4.69, 9.17) is 5.73 Å². The Bertz CT molecular complexity index is 351. The molecule has 1 aliphatic heterocycles. The van der Waals surface area contributed by atoms with E-state index in [0.717, 1.165) is 25.2 Å². The third kappa shape index (κ3) is 2.06. The number of halogens is 1. The first-order valence-electron chi connectivity index (χ1n) is 5.47. The second-order valence-corrected chi connectivity index (χ2v) is 4.37. The SMILES string of the molecule is CC1CCCN(c2cccc(F)c2N)C1. The van der Waals surface area contributed by atoms with Crippen molar-refractivity contribution in [3.8, 4) is 0 Å². The Morgan fingerprint density at radius 2 is 2.27 bits per heavy atom. The summed E-state index contributed by atoms with van der Waals surface area (Å²) in [4.78, 5) is 2.19. The van der Waals surface area contributed by atoms with Gasteiger partial charge in [-0.05, 0) is 30.9 Å². The van der Waals surface area contributed by atoms with E-state index in [0.29, 0.717) is 5.92 Å². The maximum Gasteiger partial charge on any atom is 0.148 e. The van der Waals surface area contributed by atoms with Gasteiger partial charge in [-0.15, -0.1) is 0 Å². The predicted molar refractivity (Wildman–Crippen MR) is 61.4 cm³/mol. The van der Waals surface area contributed by atoms with Gasteiger partial charge in [0, 0.05) is 13.1 Å². The van der Waals surface area contributed by atoms with E-state index in [-0.39, 0.29) is 11.5 Å². The number of anilines is 2. The normalized spacial score (nSPS) is 21.7. The minimum absolute atomic E-state index is 0.284. The molecule has 1 aromatic rings. The van der Waals surface area contributed by atoms with E-state index in [9.17, 15) is 4.39 Å². The number of nitrogens with zero attached hydrogens (tertiary/aromatic N) is 1. The number of hydrogen-bond donors (Lipinski definition) is 1. The molecule has 0 aliphatic carbocycles. The van der Waals surface area contributed by atoms with E-state index < -0.39 is 0 Å². The molecule has 0 amide bonds. The third-order valence-electron chi connectivity index (χ3n) is 3.03. The van der Waals surface area contributed by atoms with Crippen molar-refractivity contribution < 1.29 is 4.39 Å². The van der Waals surface area contributed by atoms with Crippen molar-refractivity contribution in [2.24, 2.45) is 5.92 Å². The summed E-state index contributed by atoms with van der Waals surface area (Å²) in [6, 6.07) is 5.03. The molecule has 0 bridgehead atoms. The number of nitrogen functional groups attached to an aromatic ring is 1.